The number of nitrogens with one attached hydrogen (secondary N) is 2. The maximum Gasteiger partial charge on any atom is 0.337 e. The number of hydrogen-bond donors (Lipinski definition) is 2. The summed E-state index contributed by atoms with van der Waals surface area (Å²) in [6.45, 7) is 4.35. The molecule has 0 bridgehead atoms. The van der Waals surface area contributed by atoms with Crippen molar-refractivity contribution in [3.63, 3.8) is 0 Å². The lowest BCUT2D eigenvalue weighted by Gasteiger charge is -2.14. The molecule has 0 saturated heterocycles. The van der Waals surface area contributed by atoms with Crippen LogP contribution in [0.1, 0.15) is 22.8 Å². The molecule has 0 spiro atoms. The van der Waals surface area contributed by atoms with E-state index in [9.17, 15) is 9.59 Å². The Morgan fingerprint density at radius 1 is 1.29 bits per heavy atom. The van der Waals surface area contributed by atoms with E-state index in [4.69, 9.17) is 4.74 Å². The molecule has 1 atom stereocenters. The van der Waals surface area contributed by atoms with Crippen molar-refractivity contribution < 1.29 is 19.1 Å². The lowest BCUT2D eigenvalue weighted by molar-refractivity contribution is -0.120. The molecule has 116 valence electrons. The van der Waals surface area contributed by atoms with E-state index in [0.29, 0.717) is 12.2 Å². The minimum atomic E-state index is -0.406. The van der Waals surface area contributed by atoms with E-state index in [1.165, 1.54) is 7.11 Å². The van der Waals surface area contributed by atoms with Crippen molar-refractivity contribution in [3.8, 4) is 0 Å². The van der Waals surface area contributed by atoms with E-state index >= 15 is 0 Å². The van der Waals surface area contributed by atoms with E-state index in [1.807, 2.05) is 13.8 Å². The second kappa shape index (κ2) is 8.26. The van der Waals surface area contributed by atoms with Gasteiger partial charge in [0.05, 0.1) is 25.8 Å². The number of methoxy groups -OCH3 is 2. The molecular formula is C15H22N2O4. The highest BCUT2D eigenvalue weighted by Gasteiger charge is 2.10. The van der Waals surface area contributed by atoms with Gasteiger partial charge in [-0.15, -0.1) is 0 Å². The number of rotatable bonds is 7. The first-order valence-electron chi connectivity index (χ1n) is 6.69. The largest absolute Gasteiger partial charge is 0.465 e. The van der Waals surface area contributed by atoms with Crippen LogP contribution >= 0.6 is 0 Å². The smallest absolute Gasteiger partial charge is 0.337 e. The van der Waals surface area contributed by atoms with Gasteiger partial charge in [0.1, 0.15) is 0 Å². The van der Waals surface area contributed by atoms with Gasteiger partial charge in [0, 0.05) is 18.8 Å². The van der Waals surface area contributed by atoms with Gasteiger partial charge < -0.3 is 20.1 Å². The van der Waals surface area contributed by atoms with Crippen molar-refractivity contribution in [2.45, 2.75) is 19.9 Å². The monoisotopic (exact) mass is 294 g/mol. The maximum atomic E-state index is 11.8. The third kappa shape index (κ3) is 5.43. The number of hydrogen-bond acceptors (Lipinski definition) is 5. The number of anilines is 1. The molecule has 0 aliphatic carbocycles. The van der Waals surface area contributed by atoms with Crippen molar-refractivity contribution in [2.24, 2.45) is 0 Å². The Labute approximate surface area is 124 Å². The van der Waals surface area contributed by atoms with E-state index < -0.39 is 5.97 Å². The summed E-state index contributed by atoms with van der Waals surface area (Å²) >= 11 is 0. The van der Waals surface area contributed by atoms with Gasteiger partial charge in [0.15, 0.2) is 0 Å². The first kappa shape index (κ1) is 17.0. The summed E-state index contributed by atoms with van der Waals surface area (Å²) in [6, 6.07) is 5.12. The molecule has 2 N–H and O–H groups in total. The van der Waals surface area contributed by atoms with Crippen LogP contribution in [0.3, 0.4) is 0 Å². The van der Waals surface area contributed by atoms with E-state index in [2.05, 4.69) is 15.4 Å². The van der Waals surface area contributed by atoms with Crippen LogP contribution in [0.4, 0.5) is 5.69 Å². The van der Waals surface area contributed by atoms with E-state index in [-0.39, 0.29) is 18.5 Å². The molecule has 0 heterocycles. The summed E-state index contributed by atoms with van der Waals surface area (Å²) < 4.78 is 9.63. The highest BCUT2D eigenvalue weighted by molar-refractivity contribution is 5.91. The van der Waals surface area contributed by atoms with Crippen molar-refractivity contribution in [3.05, 3.63) is 29.3 Å². The third-order valence-corrected chi connectivity index (χ3v) is 2.92. The molecule has 6 nitrogen and oxygen atoms in total. The topological polar surface area (TPSA) is 76.7 Å². The lowest BCUT2D eigenvalue weighted by Crippen LogP contribution is -2.39. The molecule has 0 radical (unpaired) electrons. The molecule has 1 rings (SSSR count). The predicted octanol–water partition coefficient (Wildman–Crippen LogP) is 1.34. The molecule has 6 heteroatoms. The Morgan fingerprint density at radius 2 is 2.00 bits per heavy atom. The molecule has 0 saturated carbocycles. The standard InChI is InChI=1S/C15H22N2O4/c1-10-5-6-12(15(19)21-4)7-13(10)16-8-14(18)17-11(2)9-20-3/h5-7,11,16H,8-9H2,1-4H3,(H,17,18). The molecule has 1 unspecified atom stereocenters. The zero-order valence-corrected chi connectivity index (χ0v) is 12.9. The Bertz CT molecular complexity index is 502. The van der Waals surface area contributed by atoms with Crippen LogP contribution in [0.15, 0.2) is 18.2 Å². The number of aryl methyl sites for hydroxylation is 1. The second-order valence-corrected chi connectivity index (χ2v) is 4.80. The molecule has 1 aromatic rings. The lowest BCUT2D eigenvalue weighted by atomic mass is 10.1. The van der Waals surface area contributed by atoms with Gasteiger partial charge >= 0.3 is 5.97 Å². The van der Waals surface area contributed by atoms with Gasteiger partial charge in [-0.3, -0.25) is 4.79 Å². The zero-order chi connectivity index (χ0) is 15.8. The average Bonchev–Trinajstić information content (AvgIpc) is 2.45. The van der Waals surface area contributed by atoms with Crippen LogP contribution < -0.4 is 10.6 Å². The van der Waals surface area contributed by atoms with E-state index in [1.54, 1.807) is 25.3 Å². The Hall–Kier alpha value is -2.08. The highest BCUT2D eigenvalue weighted by Crippen LogP contribution is 2.17. The van der Waals surface area contributed by atoms with Crippen molar-refractivity contribution in [2.75, 3.05) is 32.7 Å². The summed E-state index contributed by atoms with van der Waals surface area (Å²) in [7, 11) is 2.92. The van der Waals surface area contributed by atoms with Crippen molar-refractivity contribution >= 4 is 17.6 Å². The molecule has 0 aliphatic rings. The van der Waals surface area contributed by atoms with Crippen LogP contribution in [-0.2, 0) is 14.3 Å². The Morgan fingerprint density at radius 3 is 2.62 bits per heavy atom. The summed E-state index contributed by atoms with van der Waals surface area (Å²) in [4.78, 5) is 23.3. The number of benzene rings is 1. The normalized spacial score (nSPS) is 11.6. The van der Waals surface area contributed by atoms with Crippen LogP contribution in [-0.4, -0.2) is 45.3 Å². The fraction of sp³-hybridized carbons (Fsp3) is 0.467. The Balaban J connectivity index is 2.62. The quantitative estimate of drug-likeness (QED) is 0.742. The highest BCUT2D eigenvalue weighted by atomic mass is 16.5. The summed E-state index contributed by atoms with van der Waals surface area (Å²) in [5.74, 6) is -0.543. The summed E-state index contributed by atoms with van der Waals surface area (Å²) in [6.07, 6.45) is 0. The zero-order valence-electron chi connectivity index (χ0n) is 12.9. The minimum Gasteiger partial charge on any atom is -0.465 e. The van der Waals surface area contributed by atoms with Crippen LogP contribution in [0, 0.1) is 6.92 Å². The molecule has 0 fully saturated rings. The Kier molecular flexibility index (Phi) is 6.68. The second-order valence-electron chi connectivity index (χ2n) is 4.80. The maximum absolute atomic E-state index is 11.8. The summed E-state index contributed by atoms with van der Waals surface area (Å²) in [5, 5.41) is 5.82. The summed E-state index contributed by atoms with van der Waals surface area (Å²) in [5.41, 5.74) is 2.12. The average molecular weight is 294 g/mol. The molecule has 21 heavy (non-hydrogen) atoms. The number of carbonyl (C=O) groups excluding carboxylic acids is 2. The molecule has 0 aromatic heterocycles. The van der Waals surface area contributed by atoms with Crippen LogP contribution in [0.5, 0.6) is 0 Å². The van der Waals surface area contributed by atoms with Crippen molar-refractivity contribution in [1.82, 2.24) is 5.32 Å². The number of esters is 1. The number of carbonyl (C=O) groups is 2. The fourth-order valence-electron chi connectivity index (χ4n) is 1.85. The van der Waals surface area contributed by atoms with Gasteiger partial charge in [-0.2, -0.15) is 0 Å². The molecule has 1 amide bonds. The minimum absolute atomic E-state index is 0.0493. The number of amides is 1. The van der Waals surface area contributed by atoms with Gasteiger partial charge in [0.25, 0.3) is 0 Å². The van der Waals surface area contributed by atoms with Crippen LogP contribution in [0.25, 0.3) is 0 Å². The van der Waals surface area contributed by atoms with Crippen molar-refractivity contribution in [1.29, 1.82) is 0 Å². The molecule has 0 aliphatic heterocycles. The fourth-order valence-corrected chi connectivity index (χ4v) is 1.85. The van der Waals surface area contributed by atoms with Crippen LogP contribution in [0.2, 0.25) is 0 Å². The molecular weight excluding hydrogens is 272 g/mol. The SMILES string of the molecule is COCC(C)NC(=O)CNc1cc(C(=O)OC)ccc1C. The third-order valence-electron chi connectivity index (χ3n) is 2.92. The molecule has 1 aromatic carbocycles. The van der Waals surface area contributed by atoms with E-state index in [0.717, 1.165) is 11.3 Å². The number of ether oxygens (including phenoxy) is 2. The first-order chi connectivity index (χ1) is 9.97. The van der Waals surface area contributed by atoms with Gasteiger partial charge in [-0.05, 0) is 31.5 Å². The first-order valence-corrected chi connectivity index (χ1v) is 6.69. The van der Waals surface area contributed by atoms with Gasteiger partial charge in [-0.1, -0.05) is 6.07 Å². The van der Waals surface area contributed by atoms with Gasteiger partial charge in [0.2, 0.25) is 5.91 Å². The predicted molar refractivity (Wildman–Crippen MR) is 80.5 cm³/mol. The van der Waals surface area contributed by atoms with Gasteiger partial charge in [-0.25, -0.2) is 4.79 Å².